The number of aromatic nitrogens is 1. The van der Waals surface area contributed by atoms with Crippen molar-refractivity contribution in [2.24, 2.45) is 0 Å². The Bertz CT molecular complexity index is 415. The third-order valence-electron chi connectivity index (χ3n) is 1.88. The average Bonchev–Trinajstić information content (AvgIpc) is 2.15. The zero-order valence-corrected chi connectivity index (χ0v) is 8.72. The standard InChI is InChI=1S/C9H11N3O3/c1-6-4-7(9(13)11(2)3)5-10-8(6)12(14)15/h4-5H,1-3H3. The molecule has 0 N–H and O–H groups in total. The fraction of sp³-hybridized carbons (Fsp3) is 0.333. The first-order chi connectivity index (χ1) is 6.93. The Kier molecular flexibility index (Phi) is 2.99. The van der Waals surface area contributed by atoms with Gasteiger partial charge >= 0.3 is 5.82 Å². The second-order valence-electron chi connectivity index (χ2n) is 3.32. The minimum Gasteiger partial charge on any atom is -0.358 e. The molecule has 1 aromatic rings. The number of nitrogens with zero attached hydrogens (tertiary/aromatic N) is 3. The van der Waals surface area contributed by atoms with Gasteiger partial charge in [-0.1, -0.05) is 0 Å². The van der Waals surface area contributed by atoms with Crippen molar-refractivity contribution < 1.29 is 9.72 Å². The highest BCUT2D eigenvalue weighted by Gasteiger charge is 2.16. The fourth-order valence-corrected chi connectivity index (χ4v) is 1.13. The van der Waals surface area contributed by atoms with Crippen molar-refractivity contribution in [2.45, 2.75) is 6.92 Å². The Morgan fingerprint density at radius 3 is 2.53 bits per heavy atom. The van der Waals surface area contributed by atoms with Gasteiger partial charge in [0.2, 0.25) is 0 Å². The van der Waals surface area contributed by atoms with Crippen LogP contribution in [0.4, 0.5) is 5.82 Å². The molecule has 6 heteroatoms. The summed E-state index contributed by atoms with van der Waals surface area (Å²) in [5.41, 5.74) is 0.732. The summed E-state index contributed by atoms with van der Waals surface area (Å²) in [7, 11) is 3.22. The van der Waals surface area contributed by atoms with Gasteiger partial charge in [-0.3, -0.25) is 4.79 Å². The number of carbonyl (C=O) groups excluding carboxylic acids is 1. The molecule has 1 rings (SSSR count). The number of rotatable bonds is 2. The summed E-state index contributed by atoms with van der Waals surface area (Å²) in [6, 6.07) is 1.47. The maximum absolute atomic E-state index is 11.5. The minimum absolute atomic E-state index is 0.217. The van der Waals surface area contributed by atoms with E-state index < -0.39 is 4.92 Å². The van der Waals surface area contributed by atoms with Crippen molar-refractivity contribution in [3.8, 4) is 0 Å². The van der Waals surface area contributed by atoms with E-state index in [4.69, 9.17) is 0 Å². The molecule has 0 fully saturated rings. The molecule has 6 nitrogen and oxygen atoms in total. The van der Waals surface area contributed by atoms with Gasteiger partial charge in [0, 0.05) is 19.7 Å². The number of hydrogen-bond acceptors (Lipinski definition) is 4. The normalized spacial score (nSPS) is 9.80. The van der Waals surface area contributed by atoms with Gasteiger partial charge in [0.25, 0.3) is 5.91 Å². The predicted octanol–water partition coefficient (Wildman–Crippen LogP) is 1.00. The van der Waals surface area contributed by atoms with Crippen LogP contribution in [-0.4, -0.2) is 34.8 Å². The molecule has 0 aromatic carbocycles. The molecule has 1 amide bonds. The Morgan fingerprint density at radius 1 is 1.53 bits per heavy atom. The summed E-state index contributed by atoms with van der Waals surface area (Å²) in [4.78, 5) is 26.4. The summed E-state index contributed by atoms with van der Waals surface area (Å²) in [6.07, 6.45) is 1.22. The molecule has 0 saturated carbocycles. The van der Waals surface area contributed by atoms with E-state index in [1.807, 2.05) is 0 Å². The fourth-order valence-electron chi connectivity index (χ4n) is 1.13. The molecule has 0 aliphatic carbocycles. The molecule has 0 unspecified atom stereocenters. The van der Waals surface area contributed by atoms with Crippen LogP contribution < -0.4 is 0 Å². The van der Waals surface area contributed by atoms with Crippen molar-refractivity contribution in [1.82, 2.24) is 9.88 Å². The van der Waals surface area contributed by atoms with Crippen LogP contribution in [0.25, 0.3) is 0 Å². The van der Waals surface area contributed by atoms with Crippen LogP contribution in [0, 0.1) is 17.0 Å². The van der Waals surface area contributed by atoms with Gasteiger partial charge in [-0.2, -0.15) is 0 Å². The topological polar surface area (TPSA) is 76.3 Å². The molecule has 0 aliphatic rings. The van der Waals surface area contributed by atoms with E-state index in [1.165, 1.54) is 17.2 Å². The summed E-state index contributed by atoms with van der Waals surface area (Å²) in [6.45, 7) is 1.55. The Labute approximate surface area is 86.7 Å². The van der Waals surface area contributed by atoms with Gasteiger partial charge in [0.05, 0.1) is 5.56 Å². The molecule has 0 saturated heterocycles. The van der Waals surface area contributed by atoms with Crippen LogP contribution in [0.15, 0.2) is 12.3 Å². The number of hydrogen-bond donors (Lipinski definition) is 0. The number of pyridine rings is 1. The van der Waals surface area contributed by atoms with Crippen LogP contribution in [0.1, 0.15) is 15.9 Å². The smallest absolute Gasteiger partial charge is 0.358 e. The van der Waals surface area contributed by atoms with Crippen LogP contribution in [0.5, 0.6) is 0 Å². The monoisotopic (exact) mass is 209 g/mol. The number of nitro groups is 1. The van der Waals surface area contributed by atoms with Gasteiger partial charge < -0.3 is 15.0 Å². The Balaban J connectivity index is 3.12. The maximum atomic E-state index is 11.5. The first-order valence-electron chi connectivity index (χ1n) is 4.26. The lowest BCUT2D eigenvalue weighted by atomic mass is 10.2. The number of aryl methyl sites for hydroxylation is 1. The van der Waals surface area contributed by atoms with E-state index in [-0.39, 0.29) is 11.7 Å². The lowest BCUT2D eigenvalue weighted by molar-refractivity contribution is -0.390. The van der Waals surface area contributed by atoms with Crippen LogP contribution in [0.3, 0.4) is 0 Å². The predicted molar refractivity (Wildman–Crippen MR) is 53.6 cm³/mol. The quantitative estimate of drug-likeness (QED) is 0.537. The van der Waals surface area contributed by atoms with E-state index in [9.17, 15) is 14.9 Å². The lowest BCUT2D eigenvalue weighted by Gasteiger charge is -2.08. The first-order valence-corrected chi connectivity index (χ1v) is 4.26. The van der Waals surface area contributed by atoms with Crippen LogP contribution in [0.2, 0.25) is 0 Å². The van der Waals surface area contributed by atoms with Gasteiger partial charge in [0.1, 0.15) is 0 Å². The molecule has 0 spiro atoms. The van der Waals surface area contributed by atoms with Crippen LogP contribution in [-0.2, 0) is 0 Å². The van der Waals surface area contributed by atoms with Crippen molar-refractivity contribution >= 4 is 11.7 Å². The third kappa shape index (κ3) is 2.28. The minimum atomic E-state index is -0.570. The molecule has 0 aliphatic heterocycles. The molecule has 80 valence electrons. The highest BCUT2D eigenvalue weighted by Crippen LogP contribution is 2.15. The summed E-state index contributed by atoms with van der Waals surface area (Å²) in [5.74, 6) is -0.439. The van der Waals surface area contributed by atoms with Crippen molar-refractivity contribution in [1.29, 1.82) is 0 Å². The molecular weight excluding hydrogens is 198 g/mol. The highest BCUT2D eigenvalue weighted by molar-refractivity contribution is 5.93. The highest BCUT2D eigenvalue weighted by atomic mass is 16.6. The summed E-state index contributed by atoms with van der Waals surface area (Å²) in [5, 5.41) is 10.5. The average molecular weight is 209 g/mol. The SMILES string of the molecule is Cc1cc(C(=O)N(C)C)cnc1[N+](=O)[O-]. The lowest BCUT2D eigenvalue weighted by Crippen LogP contribution is -2.22. The van der Waals surface area contributed by atoms with Gasteiger partial charge in [0.15, 0.2) is 6.20 Å². The zero-order valence-electron chi connectivity index (χ0n) is 8.72. The summed E-state index contributed by atoms with van der Waals surface area (Å²) < 4.78 is 0. The second kappa shape index (κ2) is 4.04. The maximum Gasteiger partial charge on any atom is 0.366 e. The van der Waals surface area contributed by atoms with Gasteiger partial charge in [-0.05, 0) is 22.9 Å². The van der Waals surface area contributed by atoms with Crippen molar-refractivity contribution in [3.63, 3.8) is 0 Å². The van der Waals surface area contributed by atoms with E-state index >= 15 is 0 Å². The molecule has 1 heterocycles. The van der Waals surface area contributed by atoms with Crippen molar-refractivity contribution in [3.05, 3.63) is 33.5 Å². The molecular formula is C9H11N3O3. The third-order valence-corrected chi connectivity index (χ3v) is 1.88. The summed E-state index contributed by atoms with van der Waals surface area (Å²) >= 11 is 0. The molecule has 15 heavy (non-hydrogen) atoms. The number of carbonyl (C=O) groups is 1. The van der Waals surface area contributed by atoms with Gasteiger partial charge in [-0.15, -0.1) is 0 Å². The Hall–Kier alpha value is -1.98. The van der Waals surface area contributed by atoms with Crippen LogP contribution >= 0.6 is 0 Å². The number of amides is 1. The van der Waals surface area contributed by atoms with Crippen molar-refractivity contribution in [2.75, 3.05) is 14.1 Å². The Morgan fingerprint density at radius 2 is 2.13 bits per heavy atom. The van der Waals surface area contributed by atoms with E-state index in [2.05, 4.69) is 4.98 Å². The van der Waals surface area contributed by atoms with E-state index in [0.29, 0.717) is 11.1 Å². The van der Waals surface area contributed by atoms with Gasteiger partial charge in [-0.25, -0.2) is 0 Å². The zero-order chi connectivity index (χ0) is 11.6. The van der Waals surface area contributed by atoms with E-state index in [1.54, 1.807) is 21.0 Å². The largest absolute Gasteiger partial charge is 0.366 e. The van der Waals surface area contributed by atoms with E-state index in [0.717, 1.165) is 0 Å². The molecule has 0 radical (unpaired) electrons. The molecule has 0 atom stereocenters. The molecule has 1 aromatic heterocycles. The first kappa shape index (κ1) is 11.1. The molecule has 0 bridgehead atoms. The second-order valence-corrected chi connectivity index (χ2v) is 3.32.